The summed E-state index contributed by atoms with van der Waals surface area (Å²) in [6.07, 6.45) is 0.375. The van der Waals surface area contributed by atoms with Crippen LogP contribution in [0.2, 0.25) is 0 Å². The van der Waals surface area contributed by atoms with Crippen molar-refractivity contribution >= 4 is 17.0 Å². The van der Waals surface area contributed by atoms with Crippen LogP contribution < -0.4 is 5.73 Å². The van der Waals surface area contributed by atoms with Crippen LogP contribution in [0.5, 0.6) is 0 Å². The van der Waals surface area contributed by atoms with E-state index in [4.69, 9.17) is 10.5 Å². The normalized spacial score (nSPS) is 30.1. The second kappa shape index (κ2) is 4.94. The third-order valence-corrected chi connectivity index (χ3v) is 3.53. The first-order valence-electron chi connectivity index (χ1n) is 6.15. The molecule has 108 valence electrons. The molecule has 3 rings (SSSR count). The molecule has 4 atom stereocenters. The Hall–Kier alpha value is -1.81. The molecular weight excluding hydrogens is 266 g/mol. The van der Waals surface area contributed by atoms with Gasteiger partial charge in [0.15, 0.2) is 11.5 Å². The molecule has 0 aromatic carbocycles. The minimum absolute atomic E-state index is 0.237. The fourth-order valence-corrected chi connectivity index (χ4v) is 2.56. The zero-order chi connectivity index (χ0) is 14.3. The van der Waals surface area contributed by atoms with Crippen molar-refractivity contribution in [1.82, 2.24) is 19.5 Å². The van der Waals surface area contributed by atoms with E-state index in [1.165, 1.54) is 12.7 Å². The van der Waals surface area contributed by atoms with Gasteiger partial charge < -0.3 is 30.4 Å². The molecule has 1 saturated heterocycles. The first-order chi connectivity index (χ1) is 9.67. The van der Waals surface area contributed by atoms with Crippen molar-refractivity contribution in [2.45, 2.75) is 24.4 Å². The van der Waals surface area contributed by atoms with Crippen LogP contribution in [0.25, 0.3) is 11.2 Å². The van der Waals surface area contributed by atoms with Crippen LogP contribution >= 0.6 is 0 Å². The number of anilines is 1. The van der Waals surface area contributed by atoms with Gasteiger partial charge in [-0.1, -0.05) is 0 Å². The minimum Gasteiger partial charge on any atom is -0.394 e. The zero-order valence-electron chi connectivity index (χ0n) is 10.5. The molecule has 0 radical (unpaired) electrons. The summed E-state index contributed by atoms with van der Waals surface area (Å²) in [6, 6.07) is -0.601. The van der Waals surface area contributed by atoms with Crippen LogP contribution in [0.3, 0.4) is 0 Å². The highest BCUT2D eigenvalue weighted by molar-refractivity contribution is 5.81. The summed E-state index contributed by atoms with van der Waals surface area (Å²) < 4.78 is 7.01. The predicted molar refractivity (Wildman–Crippen MR) is 67.6 cm³/mol. The maximum Gasteiger partial charge on any atom is 0.165 e. The minimum atomic E-state index is -0.981. The Morgan fingerprint density at radius 1 is 1.20 bits per heavy atom. The van der Waals surface area contributed by atoms with Crippen LogP contribution in [-0.2, 0) is 4.74 Å². The molecule has 2 aromatic heterocycles. The van der Waals surface area contributed by atoms with Crippen LogP contribution in [0.1, 0.15) is 6.04 Å². The largest absolute Gasteiger partial charge is 0.394 e. The lowest BCUT2D eigenvalue weighted by Crippen LogP contribution is -2.32. The van der Waals surface area contributed by atoms with Crippen molar-refractivity contribution < 1.29 is 20.1 Å². The number of nitrogen functional groups attached to an aromatic ring is 1. The fraction of sp³-hybridized carbons (Fsp3) is 0.545. The number of nitrogens with two attached hydrogens (primary N) is 1. The molecule has 20 heavy (non-hydrogen) atoms. The number of fused-ring (bicyclic) bond motifs is 1. The van der Waals surface area contributed by atoms with E-state index in [9.17, 15) is 15.3 Å². The lowest BCUT2D eigenvalue weighted by Gasteiger charge is -2.20. The zero-order valence-corrected chi connectivity index (χ0v) is 10.5. The molecule has 3 heterocycles. The Bertz CT molecular complexity index is 616. The predicted octanol–water partition coefficient (Wildman–Crippen LogP) is -1.94. The highest BCUT2D eigenvalue weighted by atomic mass is 16.5. The summed E-state index contributed by atoms with van der Waals surface area (Å²) in [5.41, 5.74) is 6.58. The van der Waals surface area contributed by atoms with Crippen LogP contribution in [0, 0.1) is 0 Å². The molecule has 0 saturated carbocycles. The monoisotopic (exact) mass is 281 g/mol. The van der Waals surface area contributed by atoms with Gasteiger partial charge in [0.2, 0.25) is 0 Å². The molecule has 1 aliphatic heterocycles. The number of aromatic nitrogens is 4. The molecule has 0 unspecified atom stereocenters. The molecule has 1 aliphatic rings. The Kier molecular flexibility index (Phi) is 3.26. The number of aliphatic hydroxyl groups excluding tert-OH is 3. The van der Waals surface area contributed by atoms with Gasteiger partial charge in [0.1, 0.15) is 30.2 Å². The number of ether oxygens (including phenoxy) is 1. The van der Waals surface area contributed by atoms with E-state index < -0.39 is 24.4 Å². The van der Waals surface area contributed by atoms with Crippen molar-refractivity contribution in [3.63, 3.8) is 0 Å². The number of aliphatic hydroxyl groups is 3. The highest BCUT2D eigenvalue weighted by Gasteiger charge is 2.44. The maximum atomic E-state index is 10.2. The van der Waals surface area contributed by atoms with Crippen LogP contribution in [0.15, 0.2) is 12.7 Å². The molecule has 0 spiro atoms. The third-order valence-electron chi connectivity index (χ3n) is 3.53. The van der Waals surface area contributed by atoms with Gasteiger partial charge in [0.05, 0.1) is 25.6 Å². The van der Waals surface area contributed by atoms with Gasteiger partial charge in [-0.25, -0.2) is 15.0 Å². The van der Waals surface area contributed by atoms with Crippen LogP contribution in [-0.4, -0.2) is 66.4 Å². The van der Waals surface area contributed by atoms with E-state index in [1.807, 2.05) is 0 Å². The van der Waals surface area contributed by atoms with E-state index in [-0.39, 0.29) is 19.0 Å². The number of hydrogen-bond donors (Lipinski definition) is 4. The van der Waals surface area contributed by atoms with Crippen molar-refractivity contribution in [1.29, 1.82) is 0 Å². The van der Waals surface area contributed by atoms with Gasteiger partial charge in [-0.05, 0) is 0 Å². The first-order valence-corrected chi connectivity index (χ1v) is 6.15. The summed E-state index contributed by atoms with van der Waals surface area (Å²) >= 11 is 0. The molecule has 9 heteroatoms. The first kappa shape index (κ1) is 13.2. The Balaban J connectivity index is 2.07. The smallest absolute Gasteiger partial charge is 0.165 e. The van der Waals surface area contributed by atoms with Crippen molar-refractivity contribution in [2.24, 2.45) is 0 Å². The summed E-state index contributed by atoms with van der Waals surface area (Å²) in [6.45, 7) is -0.629. The molecule has 2 aromatic rings. The number of imidazole rings is 1. The third kappa shape index (κ3) is 1.83. The Morgan fingerprint density at radius 2 is 1.95 bits per heavy atom. The number of hydrogen-bond acceptors (Lipinski definition) is 8. The summed E-state index contributed by atoms with van der Waals surface area (Å²) in [4.78, 5) is 12.1. The second-order valence-corrected chi connectivity index (χ2v) is 4.64. The van der Waals surface area contributed by atoms with Gasteiger partial charge in [0.25, 0.3) is 0 Å². The Morgan fingerprint density at radius 3 is 2.65 bits per heavy atom. The molecule has 0 aliphatic carbocycles. The fourth-order valence-electron chi connectivity index (χ4n) is 2.56. The molecule has 1 fully saturated rings. The van der Waals surface area contributed by atoms with Gasteiger partial charge >= 0.3 is 0 Å². The number of nitrogens with zero attached hydrogens (tertiary/aromatic N) is 4. The highest BCUT2D eigenvalue weighted by Crippen LogP contribution is 2.33. The topological polar surface area (TPSA) is 140 Å². The average molecular weight is 281 g/mol. The van der Waals surface area contributed by atoms with Gasteiger partial charge in [-0.15, -0.1) is 0 Å². The van der Waals surface area contributed by atoms with E-state index in [0.29, 0.717) is 11.2 Å². The van der Waals surface area contributed by atoms with Crippen molar-refractivity contribution in [2.75, 3.05) is 18.9 Å². The molecule has 9 nitrogen and oxygen atoms in total. The van der Waals surface area contributed by atoms with Gasteiger partial charge in [0, 0.05) is 0 Å². The van der Waals surface area contributed by atoms with Crippen molar-refractivity contribution in [3.8, 4) is 0 Å². The van der Waals surface area contributed by atoms with Gasteiger partial charge in [-0.2, -0.15) is 0 Å². The van der Waals surface area contributed by atoms with E-state index in [2.05, 4.69) is 15.0 Å². The molecular formula is C11H15N5O4. The second-order valence-electron chi connectivity index (χ2n) is 4.64. The van der Waals surface area contributed by atoms with E-state index in [0.717, 1.165) is 0 Å². The summed E-state index contributed by atoms with van der Waals surface area (Å²) in [5.74, 6) is 0.237. The molecule has 5 N–H and O–H groups in total. The van der Waals surface area contributed by atoms with E-state index in [1.54, 1.807) is 4.57 Å². The molecule has 0 amide bonds. The standard InChI is InChI=1S/C11H15N5O4/c12-10-7-11(14-3-13-10)16(4-15-7)8-5(1-17)20-6(2-18)9(8)19/h3-6,8-9,17-19H,1-2H2,(H2,12,13,14)/t5-,6-,8+,9+/m1/s1. The summed E-state index contributed by atoms with van der Waals surface area (Å²) in [5, 5.41) is 28.8. The Labute approximate surface area is 113 Å². The van der Waals surface area contributed by atoms with Crippen LogP contribution in [0.4, 0.5) is 5.82 Å². The van der Waals surface area contributed by atoms with E-state index >= 15 is 0 Å². The molecule has 0 bridgehead atoms. The SMILES string of the molecule is Nc1ncnc2c1ncn2[C@@H]1[C@@H](O)[C@@H](CO)O[C@@H]1CO. The van der Waals surface area contributed by atoms with Gasteiger partial charge in [-0.3, -0.25) is 0 Å². The lowest BCUT2D eigenvalue weighted by molar-refractivity contribution is -0.0362. The number of rotatable bonds is 3. The maximum absolute atomic E-state index is 10.2. The average Bonchev–Trinajstić information content (AvgIpc) is 3.00. The lowest BCUT2D eigenvalue weighted by atomic mass is 10.1. The quantitative estimate of drug-likeness (QED) is 0.509. The van der Waals surface area contributed by atoms with Crippen molar-refractivity contribution in [3.05, 3.63) is 12.7 Å². The summed E-state index contributed by atoms with van der Waals surface area (Å²) in [7, 11) is 0.